The lowest BCUT2D eigenvalue weighted by Gasteiger charge is -2.34. The Morgan fingerprint density at radius 2 is 0.968 bits per heavy atom. The zero-order valence-electron chi connectivity index (χ0n) is 17.9. The largest absolute Gasteiger partial charge is 0.0713 e. The Balaban J connectivity index is 1.80. The highest BCUT2D eigenvalue weighted by Crippen LogP contribution is 2.56. The van der Waals surface area contributed by atoms with Crippen LogP contribution in [0.5, 0.6) is 0 Å². The monoisotopic (exact) mass is 396 g/mol. The summed E-state index contributed by atoms with van der Waals surface area (Å²) in [5.41, 5.74) is 10.3. The third-order valence-corrected chi connectivity index (χ3v) is 6.88. The van der Waals surface area contributed by atoms with E-state index in [0.717, 1.165) is 0 Å². The second-order valence-electron chi connectivity index (χ2n) is 8.77. The van der Waals surface area contributed by atoms with Gasteiger partial charge in [-0.25, -0.2) is 0 Å². The Bertz CT molecular complexity index is 1370. The molecule has 0 heterocycles. The van der Waals surface area contributed by atoms with Crippen molar-refractivity contribution in [1.82, 2.24) is 0 Å². The molecule has 0 N–H and O–H groups in total. The van der Waals surface area contributed by atoms with Crippen LogP contribution in [0.1, 0.15) is 33.4 Å². The van der Waals surface area contributed by atoms with Gasteiger partial charge in [0.05, 0.1) is 5.41 Å². The Labute approximate surface area is 183 Å². The normalized spacial score (nSPS) is 13.7. The van der Waals surface area contributed by atoms with Crippen molar-refractivity contribution < 1.29 is 0 Å². The minimum absolute atomic E-state index is 0.322. The summed E-state index contributed by atoms with van der Waals surface area (Å²) >= 11 is 0. The van der Waals surface area contributed by atoms with Crippen molar-refractivity contribution in [3.8, 4) is 11.1 Å². The summed E-state index contributed by atoms with van der Waals surface area (Å²) in [4.78, 5) is 0. The standard InChI is InChI=1S/C31H24/c1-21-11-15-25(16-12-21)31(26-17-13-22(2)14-18-26)29-10-6-5-9-27(29)28-19-23-7-3-4-8-24(23)20-30(28)31/h3-20H,1-2H3. The minimum atomic E-state index is -0.322. The van der Waals surface area contributed by atoms with Crippen LogP contribution in [-0.4, -0.2) is 0 Å². The molecule has 1 aliphatic rings. The van der Waals surface area contributed by atoms with E-state index in [1.54, 1.807) is 0 Å². The fraction of sp³-hybridized carbons (Fsp3) is 0.0968. The Kier molecular flexibility index (Phi) is 3.91. The van der Waals surface area contributed by atoms with E-state index in [-0.39, 0.29) is 5.41 Å². The van der Waals surface area contributed by atoms with E-state index in [4.69, 9.17) is 0 Å². The molecule has 5 aromatic rings. The van der Waals surface area contributed by atoms with Gasteiger partial charge >= 0.3 is 0 Å². The first-order valence-electron chi connectivity index (χ1n) is 11.0. The first kappa shape index (κ1) is 18.2. The molecule has 0 saturated heterocycles. The molecule has 31 heavy (non-hydrogen) atoms. The molecular weight excluding hydrogens is 372 g/mol. The van der Waals surface area contributed by atoms with E-state index in [1.165, 1.54) is 55.3 Å². The summed E-state index contributed by atoms with van der Waals surface area (Å²) < 4.78 is 0. The molecule has 0 bridgehead atoms. The zero-order chi connectivity index (χ0) is 21.0. The average molecular weight is 397 g/mol. The highest BCUT2D eigenvalue weighted by atomic mass is 14.5. The van der Waals surface area contributed by atoms with E-state index in [0.29, 0.717) is 0 Å². The summed E-state index contributed by atoms with van der Waals surface area (Å²) in [6, 6.07) is 40.7. The predicted octanol–water partition coefficient (Wildman–Crippen LogP) is 7.82. The summed E-state index contributed by atoms with van der Waals surface area (Å²) in [6.07, 6.45) is 0. The van der Waals surface area contributed by atoms with Gasteiger partial charge in [0.25, 0.3) is 0 Å². The van der Waals surface area contributed by atoms with Gasteiger partial charge in [-0.05, 0) is 70.1 Å². The topological polar surface area (TPSA) is 0 Å². The van der Waals surface area contributed by atoms with E-state index >= 15 is 0 Å². The average Bonchev–Trinajstić information content (AvgIpc) is 3.09. The molecule has 0 atom stereocenters. The molecule has 0 aromatic heterocycles. The van der Waals surface area contributed by atoms with Crippen LogP contribution < -0.4 is 0 Å². The number of hydrogen-bond acceptors (Lipinski definition) is 0. The molecule has 0 fully saturated rings. The first-order valence-corrected chi connectivity index (χ1v) is 11.0. The van der Waals surface area contributed by atoms with Crippen LogP contribution in [0.15, 0.2) is 109 Å². The molecule has 0 radical (unpaired) electrons. The highest BCUT2D eigenvalue weighted by Gasteiger charge is 2.46. The van der Waals surface area contributed by atoms with Crippen LogP contribution in [0.4, 0.5) is 0 Å². The molecule has 0 aliphatic heterocycles. The van der Waals surface area contributed by atoms with Crippen LogP contribution >= 0.6 is 0 Å². The lowest BCUT2D eigenvalue weighted by molar-refractivity contribution is 0.768. The number of benzene rings is 5. The van der Waals surface area contributed by atoms with Crippen molar-refractivity contribution in [3.05, 3.63) is 143 Å². The second kappa shape index (κ2) is 6.68. The fourth-order valence-corrected chi connectivity index (χ4v) is 5.36. The summed E-state index contributed by atoms with van der Waals surface area (Å²) in [5.74, 6) is 0. The molecule has 0 saturated carbocycles. The van der Waals surface area contributed by atoms with Gasteiger partial charge < -0.3 is 0 Å². The SMILES string of the molecule is Cc1ccc(C2(c3ccc(C)cc3)c3ccccc3-c3cc4ccccc4cc32)cc1. The molecule has 0 nitrogen and oxygen atoms in total. The number of aryl methyl sites for hydroxylation is 2. The Hall–Kier alpha value is -3.64. The third kappa shape index (κ3) is 2.55. The van der Waals surface area contributed by atoms with Crippen molar-refractivity contribution in [2.45, 2.75) is 19.3 Å². The van der Waals surface area contributed by atoms with Gasteiger partial charge in [-0.3, -0.25) is 0 Å². The van der Waals surface area contributed by atoms with Gasteiger partial charge in [-0.2, -0.15) is 0 Å². The number of rotatable bonds is 2. The van der Waals surface area contributed by atoms with Gasteiger partial charge in [-0.15, -0.1) is 0 Å². The molecule has 148 valence electrons. The quantitative estimate of drug-likeness (QED) is 0.280. The molecule has 6 rings (SSSR count). The van der Waals surface area contributed by atoms with Crippen molar-refractivity contribution in [2.75, 3.05) is 0 Å². The third-order valence-electron chi connectivity index (χ3n) is 6.88. The van der Waals surface area contributed by atoms with Gasteiger partial charge in [0, 0.05) is 0 Å². The van der Waals surface area contributed by atoms with Crippen LogP contribution in [0.3, 0.4) is 0 Å². The fourth-order valence-electron chi connectivity index (χ4n) is 5.36. The maximum atomic E-state index is 2.42. The second-order valence-corrected chi connectivity index (χ2v) is 8.77. The molecule has 5 aromatic carbocycles. The summed E-state index contributed by atoms with van der Waals surface area (Å²) in [5, 5.41) is 2.58. The predicted molar refractivity (Wildman–Crippen MR) is 131 cm³/mol. The van der Waals surface area contributed by atoms with Crippen LogP contribution in [0.25, 0.3) is 21.9 Å². The molecule has 0 heteroatoms. The van der Waals surface area contributed by atoms with Crippen molar-refractivity contribution in [1.29, 1.82) is 0 Å². The molecule has 0 spiro atoms. The highest BCUT2D eigenvalue weighted by molar-refractivity contribution is 5.95. The van der Waals surface area contributed by atoms with E-state index < -0.39 is 0 Å². The van der Waals surface area contributed by atoms with Gasteiger partial charge in [0.2, 0.25) is 0 Å². The molecule has 0 amide bonds. The van der Waals surface area contributed by atoms with Crippen LogP contribution in [0.2, 0.25) is 0 Å². The summed E-state index contributed by atoms with van der Waals surface area (Å²) in [6.45, 7) is 4.32. The maximum Gasteiger partial charge on any atom is 0.0713 e. The number of fused-ring (bicyclic) bond motifs is 4. The minimum Gasteiger partial charge on any atom is -0.0619 e. The van der Waals surface area contributed by atoms with Crippen molar-refractivity contribution in [2.24, 2.45) is 0 Å². The van der Waals surface area contributed by atoms with Gasteiger partial charge in [-0.1, -0.05) is 108 Å². The first-order chi connectivity index (χ1) is 15.2. The molecular formula is C31H24. The maximum absolute atomic E-state index is 2.42. The van der Waals surface area contributed by atoms with E-state index in [9.17, 15) is 0 Å². The Morgan fingerprint density at radius 3 is 1.58 bits per heavy atom. The Morgan fingerprint density at radius 1 is 0.452 bits per heavy atom. The van der Waals surface area contributed by atoms with Gasteiger partial charge in [0.15, 0.2) is 0 Å². The molecule has 0 unspecified atom stereocenters. The van der Waals surface area contributed by atoms with Crippen molar-refractivity contribution >= 4 is 10.8 Å². The molecule has 1 aliphatic carbocycles. The summed E-state index contributed by atoms with van der Waals surface area (Å²) in [7, 11) is 0. The van der Waals surface area contributed by atoms with E-state index in [1.807, 2.05) is 0 Å². The zero-order valence-corrected chi connectivity index (χ0v) is 17.9. The number of hydrogen-bond donors (Lipinski definition) is 0. The van der Waals surface area contributed by atoms with Crippen molar-refractivity contribution in [3.63, 3.8) is 0 Å². The lowest BCUT2D eigenvalue weighted by Crippen LogP contribution is -2.28. The van der Waals surface area contributed by atoms with Crippen LogP contribution in [0, 0.1) is 13.8 Å². The van der Waals surface area contributed by atoms with Crippen LogP contribution in [-0.2, 0) is 5.41 Å². The lowest BCUT2D eigenvalue weighted by atomic mass is 9.67. The van der Waals surface area contributed by atoms with E-state index in [2.05, 4.69) is 123 Å². The smallest absolute Gasteiger partial charge is 0.0619 e. The van der Waals surface area contributed by atoms with Gasteiger partial charge in [0.1, 0.15) is 0 Å².